The number of benzene rings is 1. The first-order chi connectivity index (χ1) is 12.9. The highest BCUT2D eigenvalue weighted by Gasteiger charge is 2.32. The lowest BCUT2D eigenvalue weighted by Gasteiger charge is -2.14. The summed E-state index contributed by atoms with van der Waals surface area (Å²) in [7, 11) is 1.55. The predicted octanol–water partition coefficient (Wildman–Crippen LogP) is 2.14. The van der Waals surface area contributed by atoms with Crippen LogP contribution >= 0.6 is 11.3 Å². The van der Waals surface area contributed by atoms with Crippen LogP contribution in [0.4, 0.5) is 0 Å². The average Bonchev–Trinajstić information content (AvgIpc) is 2.99. The van der Waals surface area contributed by atoms with E-state index in [4.69, 9.17) is 14.9 Å². The van der Waals surface area contributed by atoms with Gasteiger partial charge in [-0.3, -0.25) is 19.4 Å². The molecule has 3 rings (SSSR count). The van der Waals surface area contributed by atoms with Gasteiger partial charge in [-0.15, -0.1) is 0 Å². The lowest BCUT2D eigenvalue weighted by Crippen LogP contribution is -2.29. The van der Waals surface area contributed by atoms with Gasteiger partial charge in [0.15, 0.2) is 16.4 Å². The molecule has 1 N–H and O–H groups in total. The summed E-state index contributed by atoms with van der Waals surface area (Å²) < 4.78 is 12.5. The van der Waals surface area contributed by atoms with Crippen molar-refractivity contribution < 1.29 is 19.1 Å². The van der Waals surface area contributed by atoms with Crippen molar-refractivity contribution in [2.45, 2.75) is 19.8 Å². The maximum atomic E-state index is 12.3. The Bertz CT molecular complexity index is 1170. The molecule has 138 valence electrons. The zero-order valence-electron chi connectivity index (χ0n) is 14.9. The van der Waals surface area contributed by atoms with E-state index in [0.29, 0.717) is 16.2 Å². The number of hydrogen-bond acceptors (Lipinski definition) is 8. The minimum atomic E-state index is -1.34. The first-order valence-corrected chi connectivity index (χ1v) is 8.89. The lowest BCUT2D eigenvalue weighted by atomic mass is 9.97. The molecule has 2 aromatic heterocycles. The van der Waals surface area contributed by atoms with E-state index in [0.717, 1.165) is 4.70 Å². The second kappa shape index (κ2) is 7.17. The highest BCUT2D eigenvalue weighted by molar-refractivity contribution is 7.23. The third kappa shape index (κ3) is 3.04. The molecule has 0 radical (unpaired) electrons. The Kier molecular flexibility index (Phi) is 4.92. The zero-order chi connectivity index (χ0) is 19.7. The van der Waals surface area contributed by atoms with E-state index < -0.39 is 17.7 Å². The molecule has 0 bridgehead atoms. The molecule has 0 spiro atoms. The minimum absolute atomic E-state index is 0.0491. The molecule has 3 aromatic rings. The Labute approximate surface area is 158 Å². The van der Waals surface area contributed by atoms with E-state index in [9.17, 15) is 14.9 Å². The largest absolute Gasteiger partial charge is 0.497 e. The topological polar surface area (TPSA) is 118 Å². The van der Waals surface area contributed by atoms with Crippen LogP contribution in [0.25, 0.3) is 15.2 Å². The van der Waals surface area contributed by atoms with Crippen molar-refractivity contribution in [2.24, 2.45) is 0 Å². The van der Waals surface area contributed by atoms with Crippen LogP contribution < -0.4 is 10.2 Å². The first kappa shape index (κ1) is 18.5. The van der Waals surface area contributed by atoms with Gasteiger partial charge in [-0.05, 0) is 32.0 Å². The quantitative estimate of drug-likeness (QED) is 0.532. The van der Waals surface area contributed by atoms with Gasteiger partial charge in [0.05, 0.1) is 29.6 Å². The molecule has 1 atom stereocenters. The number of fused-ring (bicyclic) bond motifs is 3. The zero-order valence-corrected chi connectivity index (χ0v) is 15.7. The number of carbonyl (C=O) groups excluding carboxylic acids is 2. The summed E-state index contributed by atoms with van der Waals surface area (Å²) in [5, 5.41) is 18.1. The highest BCUT2D eigenvalue weighted by Crippen LogP contribution is 2.29. The fourth-order valence-electron chi connectivity index (χ4n) is 2.83. The first-order valence-electron chi connectivity index (χ1n) is 8.07. The van der Waals surface area contributed by atoms with E-state index in [2.05, 4.69) is 4.98 Å². The Hall–Kier alpha value is -3.25. The fourth-order valence-corrected chi connectivity index (χ4v) is 3.89. The molecule has 27 heavy (non-hydrogen) atoms. The number of esters is 1. The van der Waals surface area contributed by atoms with Gasteiger partial charge in [0.25, 0.3) is 0 Å². The van der Waals surface area contributed by atoms with Gasteiger partial charge in [-0.2, -0.15) is 5.26 Å². The van der Waals surface area contributed by atoms with Gasteiger partial charge in [-0.1, -0.05) is 11.3 Å². The minimum Gasteiger partial charge on any atom is -0.497 e. The second-order valence-corrected chi connectivity index (χ2v) is 6.69. The van der Waals surface area contributed by atoms with Crippen molar-refractivity contribution >= 4 is 38.3 Å². The van der Waals surface area contributed by atoms with Crippen LogP contribution in [-0.2, 0) is 14.3 Å². The summed E-state index contributed by atoms with van der Waals surface area (Å²) in [5.74, 6) is -1.96. The molecule has 1 unspecified atom stereocenters. The van der Waals surface area contributed by atoms with E-state index in [1.54, 1.807) is 32.2 Å². The average molecular weight is 384 g/mol. The van der Waals surface area contributed by atoms with E-state index in [1.807, 2.05) is 6.07 Å². The molecule has 1 aromatic carbocycles. The number of nitrogens with zero attached hydrogens (tertiary/aromatic N) is 3. The normalized spacial score (nSPS) is 11.9. The summed E-state index contributed by atoms with van der Waals surface area (Å²) in [6, 6.07) is 7.23. The van der Waals surface area contributed by atoms with Gasteiger partial charge in [0, 0.05) is 0 Å². The van der Waals surface area contributed by atoms with Crippen LogP contribution in [0.2, 0.25) is 0 Å². The molecule has 0 saturated heterocycles. The number of nitrogens with one attached hydrogen (secondary N) is 1. The van der Waals surface area contributed by atoms with Crippen molar-refractivity contribution in [3.8, 4) is 11.8 Å². The molecule has 0 aliphatic rings. The van der Waals surface area contributed by atoms with Gasteiger partial charge < -0.3 is 9.47 Å². The molecule has 0 saturated carbocycles. The van der Waals surface area contributed by atoms with Gasteiger partial charge in [0.2, 0.25) is 0 Å². The Balaban J connectivity index is 2.36. The Morgan fingerprint density at radius 2 is 2.19 bits per heavy atom. The number of methoxy groups -OCH3 is 1. The SMILES string of the molecule is CCOC(=O)C(C(C)=O)c1nc2sc3cc(OC)ccc3n2c(=N)c1C#N. The van der Waals surface area contributed by atoms with Crippen LogP contribution in [0.5, 0.6) is 5.75 Å². The van der Waals surface area contributed by atoms with E-state index in [-0.39, 0.29) is 23.4 Å². The maximum Gasteiger partial charge on any atom is 0.322 e. The van der Waals surface area contributed by atoms with E-state index in [1.165, 1.54) is 22.7 Å². The van der Waals surface area contributed by atoms with Crippen molar-refractivity contribution in [1.82, 2.24) is 9.38 Å². The van der Waals surface area contributed by atoms with Crippen molar-refractivity contribution in [3.05, 3.63) is 34.9 Å². The smallest absolute Gasteiger partial charge is 0.322 e. The molecule has 0 aliphatic carbocycles. The summed E-state index contributed by atoms with van der Waals surface area (Å²) in [4.78, 5) is 29.2. The monoisotopic (exact) mass is 384 g/mol. The molecule has 9 heteroatoms. The summed E-state index contributed by atoms with van der Waals surface area (Å²) in [6.45, 7) is 2.96. The van der Waals surface area contributed by atoms with Crippen LogP contribution in [0.1, 0.15) is 31.0 Å². The van der Waals surface area contributed by atoms with Crippen LogP contribution in [0, 0.1) is 16.7 Å². The molecule has 8 nitrogen and oxygen atoms in total. The summed E-state index contributed by atoms with van der Waals surface area (Å²) >= 11 is 1.27. The van der Waals surface area contributed by atoms with Gasteiger partial charge in [0.1, 0.15) is 23.2 Å². The van der Waals surface area contributed by atoms with Gasteiger partial charge in [-0.25, -0.2) is 4.98 Å². The second-order valence-electron chi connectivity index (χ2n) is 5.68. The Morgan fingerprint density at radius 1 is 1.44 bits per heavy atom. The number of thiazole rings is 1. The van der Waals surface area contributed by atoms with Crippen molar-refractivity contribution in [1.29, 1.82) is 10.7 Å². The van der Waals surface area contributed by atoms with Crippen molar-refractivity contribution in [3.63, 3.8) is 0 Å². The number of ketones is 1. The van der Waals surface area contributed by atoms with Crippen LogP contribution in [0.15, 0.2) is 18.2 Å². The molecular weight excluding hydrogens is 368 g/mol. The predicted molar refractivity (Wildman–Crippen MR) is 97.8 cm³/mol. The molecule has 0 aliphatic heterocycles. The van der Waals surface area contributed by atoms with Gasteiger partial charge >= 0.3 is 5.97 Å². The molecule has 2 heterocycles. The van der Waals surface area contributed by atoms with E-state index >= 15 is 0 Å². The highest BCUT2D eigenvalue weighted by atomic mass is 32.1. The summed E-state index contributed by atoms with van der Waals surface area (Å²) in [6.07, 6.45) is 0. The Morgan fingerprint density at radius 3 is 2.78 bits per heavy atom. The van der Waals surface area contributed by atoms with Crippen molar-refractivity contribution in [2.75, 3.05) is 13.7 Å². The number of Topliss-reactive ketones (excluding diaryl/α,β-unsaturated/α-hetero) is 1. The number of ether oxygens (including phenoxy) is 2. The van der Waals surface area contributed by atoms with Crippen LogP contribution in [0.3, 0.4) is 0 Å². The molecule has 0 fully saturated rings. The van der Waals surface area contributed by atoms with Crippen LogP contribution in [-0.4, -0.2) is 34.9 Å². The third-order valence-electron chi connectivity index (χ3n) is 4.05. The number of rotatable bonds is 5. The standard InChI is InChI=1S/C18H16N4O4S/c1-4-26-17(24)14(9(2)23)15-11(8-19)16(20)22-12-6-5-10(25-3)7-13(12)27-18(22)21-15/h5-7,14,20H,4H2,1-3H3. The third-order valence-corrected chi connectivity index (χ3v) is 5.05. The number of nitriles is 1. The fraction of sp³-hybridized carbons (Fsp3) is 0.278. The lowest BCUT2D eigenvalue weighted by molar-refractivity contribution is -0.147. The number of aromatic nitrogens is 2. The summed E-state index contributed by atoms with van der Waals surface area (Å²) in [5.41, 5.74) is 0.375. The maximum absolute atomic E-state index is 12.3. The number of hydrogen-bond donors (Lipinski definition) is 1. The molecule has 0 amide bonds. The molecular formula is C18H16N4O4S. The number of carbonyl (C=O) groups is 2.